The number of piperazine rings is 1. The number of nitrogens with one attached hydrogen (secondary N) is 2. The number of aromatic nitrogens is 1. The summed E-state index contributed by atoms with van der Waals surface area (Å²) in [5.41, 5.74) is 7.33. The molecule has 0 radical (unpaired) electrons. The molecular formula is C31H56N6O6S2. The number of carbonyl (C=O) groups is 3. The molecule has 1 aromatic carbocycles. The molecule has 2 amide bonds. The second kappa shape index (κ2) is 19.2. The van der Waals surface area contributed by atoms with Crippen LogP contribution in [0.15, 0.2) is 34.6 Å². The fourth-order valence-electron chi connectivity index (χ4n) is 3.37. The van der Waals surface area contributed by atoms with E-state index in [1.165, 1.54) is 5.69 Å². The highest BCUT2D eigenvalue weighted by atomic mass is 32.3. The van der Waals surface area contributed by atoms with Gasteiger partial charge in [-0.1, -0.05) is 12.1 Å². The van der Waals surface area contributed by atoms with Gasteiger partial charge < -0.3 is 35.5 Å². The highest BCUT2D eigenvalue weighted by Crippen LogP contribution is 2.33. The first-order chi connectivity index (χ1) is 20.9. The van der Waals surface area contributed by atoms with E-state index in [2.05, 4.69) is 73.3 Å². The zero-order valence-corrected chi connectivity index (χ0v) is 29.8. The molecule has 4 N–H and O–H groups in total. The SMILES string of the molecule is CC(C)(C)OC(=O)/N=C/N.CC(C)(C)OC=O.CS(C)(C)CCOC(=O)NCc1nc(-c2ccc(N3CCNCC3)cc2)cs1.[HH].[HH]. The van der Waals surface area contributed by atoms with Crippen molar-refractivity contribution >= 4 is 52.0 Å². The first-order valence-corrected chi connectivity index (χ1v) is 18.5. The van der Waals surface area contributed by atoms with Crippen molar-refractivity contribution in [1.82, 2.24) is 15.6 Å². The molecule has 2 heterocycles. The van der Waals surface area contributed by atoms with Gasteiger partial charge in [0.2, 0.25) is 0 Å². The van der Waals surface area contributed by atoms with Crippen LogP contribution in [0.2, 0.25) is 0 Å². The van der Waals surface area contributed by atoms with Crippen LogP contribution < -0.4 is 21.3 Å². The summed E-state index contributed by atoms with van der Waals surface area (Å²) in [7, 11) is -0.646. The minimum atomic E-state index is -0.657. The second-order valence-corrected chi connectivity index (χ2v) is 18.3. The average Bonchev–Trinajstić information content (AvgIpc) is 3.40. The van der Waals surface area contributed by atoms with Crippen molar-refractivity contribution in [2.75, 3.05) is 62.2 Å². The van der Waals surface area contributed by atoms with E-state index >= 15 is 0 Å². The Morgan fingerprint density at radius 2 is 1.73 bits per heavy atom. The number of ether oxygens (including phenoxy) is 3. The molecule has 0 atom stereocenters. The molecule has 2 aromatic rings. The Balaban J connectivity index is 0. The first-order valence-electron chi connectivity index (χ1n) is 14.6. The number of anilines is 1. The number of aliphatic imine (C=N–C) groups is 1. The number of hydrogen-bond acceptors (Lipinski definition) is 10. The average molecular weight is 673 g/mol. The standard InChI is InChI=1S/C20H30N4O2S2.C6H12N2O2.C5H10O2.2H2/c1-28(2,3)13-12-26-20(25)22-14-19-23-18(15-27-19)16-4-6-17(7-5-16)24-10-8-21-9-11-24;1-6(2,3)10-5(9)8-4-7;1-5(2,3)7-4-6;;/h4-7,15,21H,8-14H2,1-3H3,(H,22,25);4H,1-3H3,(H2,7,8,9);4H,1-3H3;2*1H. The van der Waals surface area contributed by atoms with Crippen molar-refractivity contribution in [2.24, 2.45) is 10.7 Å². The van der Waals surface area contributed by atoms with E-state index in [0.29, 0.717) is 19.6 Å². The Morgan fingerprint density at radius 3 is 2.22 bits per heavy atom. The molecule has 0 spiro atoms. The van der Waals surface area contributed by atoms with Gasteiger partial charge in [-0.2, -0.15) is 4.99 Å². The molecular weight excluding hydrogens is 617 g/mol. The Labute approximate surface area is 276 Å². The largest absolute Gasteiger partial charge is 0.462 e. The zero-order chi connectivity index (χ0) is 34.1. The van der Waals surface area contributed by atoms with E-state index in [4.69, 9.17) is 15.2 Å². The summed E-state index contributed by atoms with van der Waals surface area (Å²) in [4.78, 5) is 42.2. The minimum absolute atomic E-state index is 0. The van der Waals surface area contributed by atoms with Gasteiger partial charge in [0.25, 0.3) is 6.47 Å². The molecule has 1 fully saturated rings. The molecule has 12 nitrogen and oxygen atoms in total. The van der Waals surface area contributed by atoms with Crippen LogP contribution >= 0.6 is 21.4 Å². The van der Waals surface area contributed by atoms with E-state index < -0.39 is 21.7 Å². The van der Waals surface area contributed by atoms with E-state index in [1.807, 2.05) is 26.2 Å². The molecule has 1 aromatic heterocycles. The van der Waals surface area contributed by atoms with Gasteiger partial charge >= 0.3 is 12.2 Å². The third-order valence-electron chi connectivity index (χ3n) is 5.48. The predicted molar refractivity (Wildman–Crippen MR) is 191 cm³/mol. The van der Waals surface area contributed by atoms with E-state index in [9.17, 15) is 14.4 Å². The number of alkyl carbamates (subject to hydrolysis) is 1. The molecule has 14 heteroatoms. The molecule has 1 saturated heterocycles. The van der Waals surface area contributed by atoms with E-state index in [0.717, 1.165) is 54.5 Å². The van der Waals surface area contributed by atoms with Crippen molar-refractivity contribution in [1.29, 1.82) is 0 Å². The number of carbonyl (C=O) groups excluding carboxylic acids is 3. The van der Waals surface area contributed by atoms with E-state index in [1.54, 1.807) is 32.1 Å². The van der Waals surface area contributed by atoms with Crippen LogP contribution in [0.25, 0.3) is 11.3 Å². The zero-order valence-electron chi connectivity index (χ0n) is 28.2. The van der Waals surface area contributed by atoms with Crippen molar-refractivity contribution < 1.29 is 31.4 Å². The number of rotatable bonds is 8. The van der Waals surface area contributed by atoms with Gasteiger partial charge in [0, 0.05) is 51.4 Å². The summed E-state index contributed by atoms with van der Waals surface area (Å²) >= 11 is 1.55. The fourth-order valence-corrected chi connectivity index (χ4v) is 4.69. The Morgan fingerprint density at radius 1 is 1.11 bits per heavy atom. The molecule has 0 bridgehead atoms. The Kier molecular flexibility index (Phi) is 16.9. The van der Waals surface area contributed by atoms with Gasteiger partial charge in [-0.05, 0) is 72.4 Å². The van der Waals surface area contributed by atoms with Gasteiger partial charge in [-0.3, -0.25) is 4.79 Å². The maximum Gasteiger partial charge on any atom is 0.435 e. The summed E-state index contributed by atoms with van der Waals surface area (Å²) in [5, 5.41) is 9.07. The summed E-state index contributed by atoms with van der Waals surface area (Å²) in [6.45, 7) is 16.2. The molecule has 0 saturated carbocycles. The van der Waals surface area contributed by atoms with Crippen molar-refractivity contribution in [2.45, 2.75) is 59.3 Å². The summed E-state index contributed by atoms with van der Waals surface area (Å²) in [5.74, 6) is 0.922. The van der Waals surface area contributed by atoms with Crippen LogP contribution in [0.1, 0.15) is 49.4 Å². The van der Waals surface area contributed by atoms with Gasteiger partial charge in [-0.25, -0.2) is 24.6 Å². The molecule has 3 rings (SSSR count). The first kappa shape index (κ1) is 39.7. The topological polar surface area (TPSA) is 157 Å². The normalized spacial score (nSPS) is 13.8. The van der Waals surface area contributed by atoms with Gasteiger partial charge in [0.15, 0.2) is 0 Å². The Hall–Kier alpha value is -3.36. The minimum Gasteiger partial charge on any atom is -0.462 e. The second-order valence-electron chi connectivity index (χ2n) is 12.8. The quantitative estimate of drug-likeness (QED) is 0.142. The molecule has 0 unspecified atom stereocenters. The lowest BCUT2D eigenvalue weighted by Crippen LogP contribution is -2.43. The van der Waals surface area contributed by atoms with Crippen molar-refractivity contribution in [3.05, 3.63) is 34.7 Å². The van der Waals surface area contributed by atoms with E-state index in [-0.39, 0.29) is 14.5 Å². The highest BCUT2D eigenvalue weighted by molar-refractivity contribution is 8.32. The molecule has 45 heavy (non-hydrogen) atoms. The number of amides is 2. The lowest BCUT2D eigenvalue weighted by Gasteiger charge is -2.29. The third kappa shape index (κ3) is 19.6. The van der Waals surface area contributed by atoms with Crippen LogP contribution in [0.4, 0.5) is 15.3 Å². The van der Waals surface area contributed by atoms with Crippen LogP contribution in [-0.2, 0) is 25.5 Å². The smallest absolute Gasteiger partial charge is 0.435 e. The molecule has 1 aliphatic rings. The van der Waals surface area contributed by atoms with Gasteiger partial charge in [0.1, 0.15) is 22.8 Å². The summed E-state index contributed by atoms with van der Waals surface area (Å²) in [6, 6.07) is 8.55. The number of benzene rings is 1. The van der Waals surface area contributed by atoms with Crippen LogP contribution in [0.3, 0.4) is 0 Å². The number of thiazole rings is 1. The lowest BCUT2D eigenvalue weighted by molar-refractivity contribution is -0.138. The summed E-state index contributed by atoms with van der Waals surface area (Å²) in [6.07, 6.45) is 6.51. The van der Waals surface area contributed by atoms with Crippen LogP contribution in [-0.4, -0.2) is 98.5 Å². The molecule has 258 valence electrons. The lowest BCUT2D eigenvalue weighted by atomic mass is 10.1. The monoisotopic (exact) mass is 672 g/mol. The van der Waals surface area contributed by atoms with Crippen LogP contribution in [0.5, 0.6) is 0 Å². The molecule has 0 aliphatic carbocycles. The summed E-state index contributed by atoms with van der Waals surface area (Å²) < 4.78 is 14.6. The third-order valence-corrected chi connectivity index (χ3v) is 7.73. The van der Waals surface area contributed by atoms with Gasteiger partial charge in [0.05, 0.1) is 18.6 Å². The van der Waals surface area contributed by atoms with Crippen LogP contribution in [0, 0.1) is 0 Å². The maximum atomic E-state index is 11.8. The fraction of sp³-hybridized carbons (Fsp3) is 0.581. The number of nitrogens with two attached hydrogens (primary N) is 1. The van der Waals surface area contributed by atoms with Crippen molar-refractivity contribution in [3.8, 4) is 11.3 Å². The van der Waals surface area contributed by atoms with Gasteiger partial charge in [-0.15, -0.1) is 11.3 Å². The Bertz CT molecular complexity index is 1210. The number of nitrogens with zero attached hydrogens (tertiary/aromatic N) is 3. The number of hydrogen-bond donors (Lipinski definition) is 3. The predicted octanol–water partition coefficient (Wildman–Crippen LogP) is 5.50. The maximum absolute atomic E-state index is 11.8. The molecule has 1 aliphatic heterocycles. The van der Waals surface area contributed by atoms with Crippen molar-refractivity contribution in [3.63, 3.8) is 0 Å². The highest BCUT2D eigenvalue weighted by Gasteiger charge is 2.15.